The summed E-state index contributed by atoms with van der Waals surface area (Å²) in [7, 11) is 0. The molecule has 0 aromatic heterocycles. The third-order valence-corrected chi connectivity index (χ3v) is 0.416. The molecule has 0 bridgehead atoms. The summed E-state index contributed by atoms with van der Waals surface area (Å²) in [5, 5.41) is 16.9. The quantitative estimate of drug-likeness (QED) is 0.489. The molecule has 3 heteroatoms. The first kappa shape index (κ1) is 2.67. The molecule has 0 heterocycles. The standard InChI is InChI=1S/C4H8O3/c1-4(2,7)3(5)6/h7H,1-2H3,(H,5,6)/i1D3. The maximum Gasteiger partial charge on any atom is 0.335 e. The fourth-order valence-electron chi connectivity index (χ4n) is 0. The van der Waals surface area contributed by atoms with Crippen LogP contribution in [-0.2, 0) is 4.79 Å². The van der Waals surface area contributed by atoms with Crippen LogP contribution in [0.5, 0.6) is 0 Å². The second kappa shape index (κ2) is 1.50. The van der Waals surface area contributed by atoms with Crippen molar-refractivity contribution in [3.63, 3.8) is 0 Å². The molecular formula is C4H8O3. The predicted molar refractivity (Wildman–Crippen MR) is 23.9 cm³/mol. The van der Waals surface area contributed by atoms with E-state index in [-0.39, 0.29) is 0 Å². The van der Waals surface area contributed by atoms with Gasteiger partial charge in [-0.25, -0.2) is 4.79 Å². The van der Waals surface area contributed by atoms with E-state index in [2.05, 4.69) is 0 Å². The van der Waals surface area contributed by atoms with Crippen LogP contribution in [0.2, 0.25) is 0 Å². The zero-order valence-corrected chi connectivity index (χ0v) is 3.80. The van der Waals surface area contributed by atoms with Crippen LogP contribution in [0.3, 0.4) is 0 Å². The summed E-state index contributed by atoms with van der Waals surface area (Å²) >= 11 is 0. The Balaban J connectivity index is 4.57. The lowest BCUT2D eigenvalue weighted by Crippen LogP contribution is -2.30. The molecule has 2 N–H and O–H groups in total. The molecule has 0 saturated carbocycles. The summed E-state index contributed by atoms with van der Waals surface area (Å²) < 4.78 is 19.7. The van der Waals surface area contributed by atoms with E-state index in [0.717, 1.165) is 6.92 Å². The first-order valence-electron chi connectivity index (χ1n) is 3.15. The van der Waals surface area contributed by atoms with Gasteiger partial charge < -0.3 is 10.2 Å². The van der Waals surface area contributed by atoms with Gasteiger partial charge in [-0.1, -0.05) is 0 Å². The fraction of sp³-hybridized carbons (Fsp3) is 0.750. The summed E-state index contributed by atoms with van der Waals surface area (Å²) in [6.07, 6.45) is 0. The van der Waals surface area contributed by atoms with Crippen molar-refractivity contribution in [1.82, 2.24) is 0 Å². The average molecular weight is 107 g/mol. The highest BCUT2D eigenvalue weighted by atomic mass is 16.4. The van der Waals surface area contributed by atoms with Gasteiger partial charge in [0.15, 0.2) is 5.60 Å². The topological polar surface area (TPSA) is 57.5 Å². The zero-order valence-electron chi connectivity index (χ0n) is 6.80. The minimum Gasteiger partial charge on any atom is -0.479 e. The van der Waals surface area contributed by atoms with Crippen molar-refractivity contribution in [1.29, 1.82) is 0 Å². The third kappa shape index (κ3) is 2.17. The Morgan fingerprint density at radius 1 is 2.00 bits per heavy atom. The molecule has 0 aliphatic heterocycles. The molecule has 0 rings (SSSR count). The summed E-state index contributed by atoms with van der Waals surface area (Å²) in [5.41, 5.74) is -2.65. The van der Waals surface area contributed by atoms with Crippen LogP contribution >= 0.6 is 0 Å². The van der Waals surface area contributed by atoms with Crippen LogP contribution in [0.15, 0.2) is 0 Å². The van der Waals surface area contributed by atoms with Gasteiger partial charge >= 0.3 is 5.97 Å². The molecule has 0 fully saturated rings. The van der Waals surface area contributed by atoms with E-state index >= 15 is 0 Å². The van der Waals surface area contributed by atoms with Crippen molar-refractivity contribution >= 4 is 5.97 Å². The summed E-state index contributed by atoms with van der Waals surface area (Å²) in [4.78, 5) is 10.1. The highest BCUT2D eigenvalue weighted by molar-refractivity contribution is 5.75. The molecule has 0 saturated heterocycles. The molecule has 42 valence electrons. The van der Waals surface area contributed by atoms with Crippen LogP contribution in [0.4, 0.5) is 0 Å². The fourth-order valence-corrected chi connectivity index (χ4v) is 0. The number of hydrogen-bond acceptors (Lipinski definition) is 2. The van der Waals surface area contributed by atoms with Gasteiger partial charge in [0.1, 0.15) is 0 Å². The second-order valence-electron chi connectivity index (χ2n) is 1.38. The molecule has 3 nitrogen and oxygen atoms in total. The summed E-state index contributed by atoms with van der Waals surface area (Å²) in [6.45, 7) is -2.14. The maximum atomic E-state index is 10.1. The minimum absolute atomic E-state index is 0.738. The van der Waals surface area contributed by atoms with Gasteiger partial charge in [-0.05, 0) is 13.8 Å². The smallest absolute Gasteiger partial charge is 0.335 e. The van der Waals surface area contributed by atoms with E-state index in [1.807, 2.05) is 0 Å². The molecule has 7 heavy (non-hydrogen) atoms. The maximum absolute atomic E-state index is 10.1. The SMILES string of the molecule is [2H]C([2H])([2H])C(C)(O)C(=O)O. The Morgan fingerprint density at radius 3 is 2.43 bits per heavy atom. The molecule has 0 aromatic rings. The Kier molecular flexibility index (Phi) is 0.571. The number of carboxylic acids is 1. The van der Waals surface area contributed by atoms with E-state index in [1.165, 1.54) is 0 Å². The van der Waals surface area contributed by atoms with Crippen molar-refractivity contribution < 1.29 is 19.1 Å². The molecule has 0 radical (unpaired) electrons. The van der Waals surface area contributed by atoms with Gasteiger partial charge in [-0.2, -0.15) is 0 Å². The summed E-state index contributed by atoms with van der Waals surface area (Å²) in [5.74, 6) is -1.74. The molecule has 1 atom stereocenters. The molecule has 0 aliphatic carbocycles. The first-order chi connectivity index (χ1) is 4.19. The van der Waals surface area contributed by atoms with Gasteiger partial charge in [0, 0.05) is 4.11 Å². The number of carbonyl (C=O) groups is 1. The highest BCUT2D eigenvalue weighted by Crippen LogP contribution is 1.97. The average Bonchev–Trinajstić information content (AvgIpc) is 1.62. The lowest BCUT2D eigenvalue weighted by Gasteiger charge is -2.07. The third-order valence-electron chi connectivity index (χ3n) is 0.416. The van der Waals surface area contributed by atoms with Crippen molar-refractivity contribution in [3.05, 3.63) is 0 Å². The molecule has 1 unspecified atom stereocenters. The Morgan fingerprint density at radius 2 is 2.43 bits per heavy atom. The van der Waals surface area contributed by atoms with E-state index in [4.69, 9.17) is 14.3 Å². The van der Waals surface area contributed by atoms with Crippen LogP contribution in [-0.4, -0.2) is 21.8 Å². The number of carboxylic acid groups (broad SMARTS) is 1. The van der Waals surface area contributed by atoms with E-state index < -0.39 is 18.4 Å². The second-order valence-corrected chi connectivity index (χ2v) is 1.38. The monoisotopic (exact) mass is 107 g/mol. The minimum atomic E-state index is -2.88. The highest BCUT2D eigenvalue weighted by Gasteiger charge is 2.21. The van der Waals surface area contributed by atoms with Gasteiger partial charge in [-0.3, -0.25) is 0 Å². The Bertz CT molecular complexity index is 148. The van der Waals surface area contributed by atoms with Gasteiger partial charge in [-0.15, -0.1) is 0 Å². The lowest BCUT2D eigenvalue weighted by atomic mass is 10.1. The van der Waals surface area contributed by atoms with E-state index in [1.54, 1.807) is 0 Å². The normalized spacial score (nSPS) is 26.3. The van der Waals surface area contributed by atoms with E-state index in [0.29, 0.717) is 0 Å². The molecule has 0 aliphatic rings. The van der Waals surface area contributed by atoms with Crippen molar-refractivity contribution in [2.45, 2.75) is 19.4 Å². The Hall–Kier alpha value is -0.570. The van der Waals surface area contributed by atoms with Crippen LogP contribution < -0.4 is 0 Å². The van der Waals surface area contributed by atoms with Gasteiger partial charge in [0.25, 0.3) is 0 Å². The first-order valence-corrected chi connectivity index (χ1v) is 1.65. The number of hydrogen-bond donors (Lipinski definition) is 2. The van der Waals surface area contributed by atoms with E-state index in [9.17, 15) is 4.79 Å². The van der Waals surface area contributed by atoms with Gasteiger partial charge in [0.2, 0.25) is 0 Å². The van der Waals surface area contributed by atoms with Crippen molar-refractivity contribution in [3.8, 4) is 0 Å². The predicted octanol–water partition coefficient (Wildman–Crippen LogP) is -0.158. The van der Waals surface area contributed by atoms with Crippen molar-refractivity contribution in [2.75, 3.05) is 0 Å². The zero-order chi connectivity index (χ0) is 8.58. The van der Waals surface area contributed by atoms with Crippen LogP contribution in [0.1, 0.15) is 17.9 Å². The number of rotatable bonds is 1. The molecule has 0 spiro atoms. The lowest BCUT2D eigenvalue weighted by molar-refractivity contribution is -0.154. The van der Waals surface area contributed by atoms with Gasteiger partial charge in [0.05, 0.1) is 0 Å². The number of aliphatic carboxylic acids is 1. The summed E-state index contributed by atoms with van der Waals surface area (Å²) in [6, 6.07) is 0. The largest absolute Gasteiger partial charge is 0.479 e. The molecular weight excluding hydrogens is 96.0 g/mol. The Labute approximate surface area is 45.8 Å². The molecule has 0 amide bonds. The van der Waals surface area contributed by atoms with Crippen LogP contribution in [0, 0.1) is 0 Å². The van der Waals surface area contributed by atoms with Crippen LogP contribution in [0.25, 0.3) is 0 Å². The number of aliphatic hydroxyl groups is 1. The molecule has 0 aromatic carbocycles. The van der Waals surface area contributed by atoms with Crippen molar-refractivity contribution in [2.24, 2.45) is 0 Å².